The van der Waals surface area contributed by atoms with Gasteiger partial charge in [-0.05, 0) is 59.4 Å². The Morgan fingerprint density at radius 1 is 0.897 bits per heavy atom. The standard InChI is InChI=1S/C24H27NO3.ClH/c26-24(27)13-14-25-18-20-9-10-22-17-23(12-11-21(22)16-20)28-15-5-4-8-19-6-2-1-3-7-19;/h1-3,6-7,9-12,16-17,25H,4-5,8,13-15,18H2,(H,26,27);1H. The Hall–Kier alpha value is -2.56. The highest BCUT2D eigenvalue weighted by molar-refractivity contribution is 5.85. The van der Waals surface area contributed by atoms with E-state index in [9.17, 15) is 4.79 Å². The van der Waals surface area contributed by atoms with Gasteiger partial charge in [0.05, 0.1) is 13.0 Å². The van der Waals surface area contributed by atoms with Crippen molar-refractivity contribution in [2.75, 3.05) is 13.2 Å². The van der Waals surface area contributed by atoms with E-state index in [1.165, 1.54) is 5.56 Å². The first-order valence-corrected chi connectivity index (χ1v) is 9.83. The molecule has 0 spiro atoms. The molecular formula is C24H28ClNO3. The number of hydrogen-bond acceptors (Lipinski definition) is 3. The number of hydrogen-bond donors (Lipinski definition) is 2. The third kappa shape index (κ3) is 7.76. The Bertz CT molecular complexity index is 899. The summed E-state index contributed by atoms with van der Waals surface area (Å²) in [5, 5.41) is 14.1. The summed E-state index contributed by atoms with van der Waals surface area (Å²) in [6.45, 7) is 1.87. The normalized spacial score (nSPS) is 10.5. The number of aliphatic carboxylic acids is 1. The Balaban J connectivity index is 0.00000300. The molecular weight excluding hydrogens is 386 g/mol. The molecule has 4 nitrogen and oxygen atoms in total. The van der Waals surface area contributed by atoms with Gasteiger partial charge < -0.3 is 15.2 Å². The van der Waals surface area contributed by atoms with Crippen molar-refractivity contribution in [3.63, 3.8) is 0 Å². The van der Waals surface area contributed by atoms with Crippen LogP contribution in [0.15, 0.2) is 66.7 Å². The van der Waals surface area contributed by atoms with Gasteiger partial charge in [0.2, 0.25) is 0 Å². The topological polar surface area (TPSA) is 58.6 Å². The summed E-state index contributed by atoms with van der Waals surface area (Å²) < 4.78 is 5.92. The second-order valence-electron chi connectivity index (χ2n) is 6.95. The third-order valence-corrected chi connectivity index (χ3v) is 4.69. The number of ether oxygens (including phenoxy) is 1. The SMILES string of the molecule is Cl.O=C(O)CCNCc1ccc2cc(OCCCCc3ccccc3)ccc2c1. The van der Waals surface area contributed by atoms with Crippen molar-refractivity contribution in [1.82, 2.24) is 5.32 Å². The zero-order valence-electron chi connectivity index (χ0n) is 16.5. The van der Waals surface area contributed by atoms with Crippen LogP contribution in [0.5, 0.6) is 5.75 Å². The van der Waals surface area contributed by atoms with E-state index >= 15 is 0 Å². The number of nitrogens with one attached hydrogen (secondary N) is 1. The van der Waals surface area contributed by atoms with Crippen LogP contribution in [-0.4, -0.2) is 24.2 Å². The number of benzene rings is 3. The minimum Gasteiger partial charge on any atom is -0.494 e. The average molecular weight is 414 g/mol. The van der Waals surface area contributed by atoms with E-state index in [1.807, 2.05) is 12.1 Å². The fourth-order valence-corrected chi connectivity index (χ4v) is 3.17. The van der Waals surface area contributed by atoms with E-state index in [-0.39, 0.29) is 18.8 Å². The van der Waals surface area contributed by atoms with Gasteiger partial charge in [0.1, 0.15) is 5.75 Å². The molecule has 0 saturated heterocycles. The molecule has 0 fully saturated rings. The van der Waals surface area contributed by atoms with E-state index in [0.29, 0.717) is 13.1 Å². The molecule has 0 unspecified atom stereocenters. The van der Waals surface area contributed by atoms with Crippen LogP contribution in [0.2, 0.25) is 0 Å². The molecule has 0 aliphatic rings. The number of aryl methyl sites for hydroxylation is 1. The molecule has 154 valence electrons. The van der Waals surface area contributed by atoms with Crippen molar-refractivity contribution in [2.45, 2.75) is 32.2 Å². The summed E-state index contributed by atoms with van der Waals surface area (Å²) in [6, 6.07) is 23.0. The maximum absolute atomic E-state index is 10.5. The molecule has 0 atom stereocenters. The number of fused-ring (bicyclic) bond motifs is 1. The van der Waals surface area contributed by atoms with Crippen LogP contribution in [0.25, 0.3) is 10.8 Å². The van der Waals surface area contributed by atoms with Gasteiger partial charge in [0.25, 0.3) is 0 Å². The van der Waals surface area contributed by atoms with Gasteiger partial charge in [-0.25, -0.2) is 0 Å². The van der Waals surface area contributed by atoms with E-state index in [2.05, 4.69) is 59.9 Å². The number of carboxylic acid groups (broad SMARTS) is 1. The number of carboxylic acids is 1. The molecule has 29 heavy (non-hydrogen) atoms. The highest BCUT2D eigenvalue weighted by atomic mass is 35.5. The van der Waals surface area contributed by atoms with Crippen LogP contribution in [0.4, 0.5) is 0 Å². The van der Waals surface area contributed by atoms with Crippen LogP contribution in [0.1, 0.15) is 30.4 Å². The lowest BCUT2D eigenvalue weighted by atomic mass is 10.1. The van der Waals surface area contributed by atoms with Gasteiger partial charge in [0.15, 0.2) is 0 Å². The molecule has 0 amide bonds. The fourth-order valence-electron chi connectivity index (χ4n) is 3.17. The quantitative estimate of drug-likeness (QED) is 0.423. The number of unbranched alkanes of at least 4 members (excludes halogenated alkanes) is 1. The van der Waals surface area contributed by atoms with E-state index in [0.717, 1.165) is 48.0 Å². The molecule has 0 aliphatic heterocycles. The minimum absolute atomic E-state index is 0. The molecule has 0 aliphatic carbocycles. The summed E-state index contributed by atoms with van der Waals surface area (Å²) in [6.07, 6.45) is 3.38. The lowest BCUT2D eigenvalue weighted by Crippen LogP contribution is -2.17. The Morgan fingerprint density at radius 2 is 1.66 bits per heavy atom. The molecule has 3 aromatic rings. The maximum Gasteiger partial charge on any atom is 0.304 e. The van der Waals surface area contributed by atoms with E-state index < -0.39 is 5.97 Å². The molecule has 0 aromatic heterocycles. The average Bonchev–Trinajstić information content (AvgIpc) is 2.71. The van der Waals surface area contributed by atoms with Gasteiger partial charge in [0, 0.05) is 13.1 Å². The van der Waals surface area contributed by atoms with E-state index in [1.54, 1.807) is 0 Å². The lowest BCUT2D eigenvalue weighted by molar-refractivity contribution is -0.136. The molecule has 0 radical (unpaired) electrons. The van der Waals surface area contributed by atoms with Crippen LogP contribution in [0, 0.1) is 0 Å². The van der Waals surface area contributed by atoms with Gasteiger partial charge in [-0.15, -0.1) is 12.4 Å². The van der Waals surface area contributed by atoms with Gasteiger partial charge in [-0.3, -0.25) is 4.79 Å². The predicted octanol–water partition coefficient (Wildman–Crippen LogP) is 5.23. The minimum atomic E-state index is -0.779. The molecule has 3 rings (SSSR count). The van der Waals surface area contributed by atoms with Crippen LogP contribution >= 0.6 is 12.4 Å². The second kappa shape index (κ2) is 12.1. The van der Waals surface area contributed by atoms with Crippen molar-refractivity contribution in [3.8, 4) is 5.75 Å². The smallest absolute Gasteiger partial charge is 0.304 e. The molecule has 2 N–H and O–H groups in total. The van der Waals surface area contributed by atoms with Gasteiger partial charge >= 0.3 is 5.97 Å². The molecule has 0 bridgehead atoms. The highest BCUT2D eigenvalue weighted by Gasteiger charge is 2.01. The summed E-state index contributed by atoms with van der Waals surface area (Å²) in [5.74, 6) is 0.123. The first-order valence-electron chi connectivity index (χ1n) is 9.83. The summed E-state index contributed by atoms with van der Waals surface area (Å²) in [5.41, 5.74) is 2.52. The summed E-state index contributed by atoms with van der Waals surface area (Å²) >= 11 is 0. The summed E-state index contributed by atoms with van der Waals surface area (Å²) in [4.78, 5) is 10.5. The molecule has 0 saturated carbocycles. The molecule has 0 heterocycles. The Kier molecular flexibility index (Phi) is 9.48. The summed E-state index contributed by atoms with van der Waals surface area (Å²) in [7, 11) is 0. The zero-order chi connectivity index (χ0) is 19.6. The van der Waals surface area contributed by atoms with Crippen molar-refractivity contribution in [3.05, 3.63) is 77.9 Å². The van der Waals surface area contributed by atoms with Crippen molar-refractivity contribution >= 4 is 29.1 Å². The zero-order valence-corrected chi connectivity index (χ0v) is 17.3. The number of carbonyl (C=O) groups is 1. The lowest BCUT2D eigenvalue weighted by Gasteiger charge is -2.09. The van der Waals surface area contributed by atoms with Crippen LogP contribution in [-0.2, 0) is 17.8 Å². The maximum atomic E-state index is 10.5. The van der Waals surface area contributed by atoms with Gasteiger partial charge in [-0.2, -0.15) is 0 Å². The third-order valence-electron chi connectivity index (χ3n) is 4.69. The van der Waals surface area contributed by atoms with Crippen LogP contribution < -0.4 is 10.1 Å². The van der Waals surface area contributed by atoms with Crippen LogP contribution in [0.3, 0.4) is 0 Å². The Labute approximate surface area is 178 Å². The first kappa shape index (κ1) is 22.7. The van der Waals surface area contributed by atoms with E-state index in [4.69, 9.17) is 9.84 Å². The predicted molar refractivity (Wildman–Crippen MR) is 120 cm³/mol. The van der Waals surface area contributed by atoms with Crippen molar-refractivity contribution in [1.29, 1.82) is 0 Å². The van der Waals surface area contributed by atoms with Gasteiger partial charge in [-0.1, -0.05) is 48.5 Å². The number of rotatable bonds is 11. The monoisotopic (exact) mass is 413 g/mol. The number of halogens is 1. The van der Waals surface area contributed by atoms with Crippen molar-refractivity contribution < 1.29 is 14.6 Å². The second-order valence-corrected chi connectivity index (χ2v) is 6.95. The fraction of sp³-hybridized carbons (Fsp3) is 0.292. The highest BCUT2D eigenvalue weighted by Crippen LogP contribution is 2.22. The largest absolute Gasteiger partial charge is 0.494 e. The molecule has 3 aromatic carbocycles. The molecule has 5 heteroatoms. The first-order chi connectivity index (χ1) is 13.7. The van der Waals surface area contributed by atoms with Crippen molar-refractivity contribution in [2.24, 2.45) is 0 Å². The Morgan fingerprint density at radius 3 is 2.45 bits per heavy atom.